The Bertz CT molecular complexity index is 383. The molecular formula is C13H14O2. The number of ether oxygens (including phenoxy) is 1. The second kappa shape index (κ2) is 3.47. The number of rotatable bonds is 1. The Balaban J connectivity index is 1.86. The summed E-state index contributed by atoms with van der Waals surface area (Å²) in [6, 6.07) is 10.1. The molecule has 1 aromatic carbocycles. The maximum absolute atomic E-state index is 9.95. The molecule has 3 atom stereocenters. The molecule has 0 aromatic heterocycles. The van der Waals surface area contributed by atoms with Crippen molar-refractivity contribution in [2.45, 2.75) is 18.6 Å². The van der Waals surface area contributed by atoms with E-state index in [1.165, 1.54) is 0 Å². The van der Waals surface area contributed by atoms with Gasteiger partial charge in [0.25, 0.3) is 0 Å². The molecule has 1 aromatic rings. The molecule has 1 saturated carbocycles. The number of aliphatic hydroxyl groups is 1. The number of benzene rings is 1. The first-order valence-corrected chi connectivity index (χ1v) is 5.40. The summed E-state index contributed by atoms with van der Waals surface area (Å²) in [5.74, 6) is 0.551. The fraction of sp³-hybridized carbons (Fsp3) is 0.385. The second-order valence-electron chi connectivity index (χ2n) is 4.34. The molecule has 2 fully saturated rings. The Morgan fingerprint density at radius 2 is 2.07 bits per heavy atom. The van der Waals surface area contributed by atoms with Gasteiger partial charge in [-0.3, -0.25) is 0 Å². The average Bonchev–Trinajstić information content (AvgIpc) is 2.42. The van der Waals surface area contributed by atoms with Gasteiger partial charge in [0, 0.05) is 5.92 Å². The molecule has 0 radical (unpaired) electrons. The molecule has 78 valence electrons. The van der Waals surface area contributed by atoms with E-state index in [-0.39, 0.29) is 12.2 Å². The van der Waals surface area contributed by atoms with Gasteiger partial charge in [-0.2, -0.15) is 0 Å². The van der Waals surface area contributed by atoms with Gasteiger partial charge in [-0.05, 0) is 17.6 Å². The normalized spacial score (nSPS) is 36.3. The second-order valence-corrected chi connectivity index (χ2v) is 4.34. The van der Waals surface area contributed by atoms with Crippen molar-refractivity contribution in [3.05, 3.63) is 41.5 Å². The summed E-state index contributed by atoms with van der Waals surface area (Å²) >= 11 is 0. The lowest BCUT2D eigenvalue weighted by Crippen LogP contribution is -2.41. The summed E-state index contributed by atoms with van der Waals surface area (Å²) in [6.07, 6.45) is 2.76. The first-order valence-electron chi connectivity index (χ1n) is 5.40. The van der Waals surface area contributed by atoms with Crippen LogP contribution in [-0.2, 0) is 4.74 Å². The van der Waals surface area contributed by atoms with Crippen LogP contribution < -0.4 is 0 Å². The van der Waals surface area contributed by atoms with Crippen molar-refractivity contribution in [3.63, 3.8) is 0 Å². The van der Waals surface area contributed by atoms with Gasteiger partial charge in [-0.15, -0.1) is 0 Å². The molecule has 1 aliphatic carbocycles. The molecule has 1 heterocycles. The van der Waals surface area contributed by atoms with E-state index in [2.05, 4.69) is 18.2 Å². The van der Waals surface area contributed by atoms with E-state index in [1.807, 2.05) is 18.2 Å². The minimum atomic E-state index is -0.385. The maximum atomic E-state index is 9.95. The third-order valence-electron chi connectivity index (χ3n) is 3.31. The van der Waals surface area contributed by atoms with Crippen LogP contribution in [0.15, 0.2) is 35.9 Å². The minimum Gasteiger partial charge on any atom is -0.386 e. The van der Waals surface area contributed by atoms with E-state index in [0.717, 1.165) is 24.2 Å². The highest BCUT2D eigenvalue weighted by Gasteiger charge is 2.45. The standard InChI is InChI=1S/C13H14O2/c14-12-10(7-11-8-15-13(11)12)6-9-4-2-1-3-5-9/h1-6,11-14H,7-8H2/b10-6+/t11-,12-,13?/m0/s1. The fourth-order valence-corrected chi connectivity index (χ4v) is 2.41. The van der Waals surface area contributed by atoms with E-state index in [4.69, 9.17) is 4.74 Å². The first-order chi connectivity index (χ1) is 7.34. The van der Waals surface area contributed by atoms with E-state index in [1.54, 1.807) is 0 Å². The quantitative estimate of drug-likeness (QED) is 0.753. The van der Waals surface area contributed by atoms with Gasteiger partial charge in [0.1, 0.15) is 6.10 Å². The SMILES string of the molecule is O[C@H]1/C(=C/c2ccccc2)C[C@H]2COC21. The lowest BCUT2D eigenvalue weighted by molar-refractivity contribution is -0.133. The number of fused-ring (bicyclic) bond motifs is 1. The van der Waals surface area contributed by atoms with Crippen molar-refractivity contribution < 1.29 is 9.84 Å². The van der Waals surface area contributed by atoms with Crippen molar-refractivity contribution in [3.8, 4) is 0 Å². The zero-order valence-corrected chi connectivity index (χ0v) is 8.47. The zero-order valence-electron chi connectivity index (χ0n) is 8.47. The third-order valence-corrected chi connectivity index (χ3v) is 3.31. The van der Waals surface area contributed by atoms with E-state index < -0.39 is 0 Å². The summed E-state index contributed by atoms with van der Waals surface area (Å²) in [5.41, 5.74) is 2.28. The monoisotopic (exact) mass is 202 g/mol. The fourth-order valence-electron chi connectivity index (χ4n) is 2.41. The van der Waals surface area contributed by atoms with E-state index in [9.17, 15) is 5.11 Å². The minimum absolute atomic E-state index is 0.0694. The van der Waals surface area contributed by atoms with E-state index in [0.29, 0.717) is 5.92 Å². The third kappa shape index (κ3) is 1.50. The molecule has 1 saturated heterocycles. The van der Waals surface area contributed by atoms with Gasteiger partial charge in [0.05, 0.1) is 12.7 Å². The lowest BCUT2D eigenvalue weighted by atomic mass is 10.0. The average molecular weight is 202 g/mol. The molecule has 1 aliphatic heterocycles. The topological polar surface area (TPSA) is 29.5 Å². The lowest BCUT2D eigenvalue weighted by Gasteiger charge is -2.31. The molecule has 0 spiro atoms. The largest absolute Gasteiger partial charge is 0.386 e. The van der Waals surface area contributed by atoms with Gasteiger partial charge in [0.2, 0.25) is 0 Å². The summed E-state index contributed by atoms with van der Waals surface area (Å²) in [5, 5.41) is 9.95. The van der Waals surface area contributed by atoms with Crippen molar-refractivity contribution >= 4 is 6.08 Å². The van der Waals surface area contributed by atoms with Crippen molar-refractivity contribution in [2.75, 3.05) is 6.61 Å². The molecule has 3 rings (SSSR count). The van der Waals surface area contributed by atoms with Crippen molar-refractivity contribution in [2.24, 2.45) is 5.92 Å². The first kappa shape index (κ1) is 9.13. The molecule has 0 bridgehead atoms. The molecule has 2 aliphatic rings. The molecule has 2 nitrogen and oxygen atoms in total. The van der Waals surface area contributed by atoms with E-state index >= 15 is 0 Å². The molecule has 0 amide bonds. The van der Waals surface area contributed by atoms with Crippen LogP contribution in [0.25, 0.3) is 6.08 Å². The molecular weight excluding hydrogens is 188 g/mol. The summed E-state index contributed by atoms with van der Waals surface area (Å²) in [4.78, 5) is 0. The highest BCUT2D eigenvalue weighted by molar-refractivity contribution is 5.55. The predicted molar refractivity (Wildman–Crippen MR) is 58.3 cm³/mol. The van der Waals surface area contributed by atoms with Crippen LogP contribution in [0.1, 0.15) is 12.0 Å². The zero-order chi connectivity index (χ0) is 10.3. The Labute approximate surface area is 89.2 Å². The number of aliphatic hydroxyl groups excluding tert-OH is 1. The highest BCUT2D eigenvalue weighted by Crippen LogP contribution is 2.40. The molecule has 2 heteroatoms. The van der Waals surface area contributed by atoms with Crippen LogP contribution >= 0.6 is 0 Å². The van der Waals surface area contributed by atoms with Crippen molar-refractivity contribution in [1.82, 2.24) is 0 Å². The number of hydrogen-bond acceptors (Lipinski definition) is 2. The summed E-state index contributed by atoms with van der Waals surface area (Å²) in [7, 11) is 0. The van der Waals surface area contributed by atoms with Gasteiger partial charge >= 0.3 is 0 Å². The molecule has 15 heavy (non-hydrogen) atoms. The van der Waals surface area contributed by atoms with Crippen LogP contribution in [0.5, 0.6) is 0 Å². The van der Waals surface area contributed by atoms with Gasteiger partial charge in [0.15, 0.2) is 0 Å². The van der Waals surface area contributed by atoms with Crippen molar-refractivity contribution in [1.29, 1.82) is 0 Å². The smallest absolute Gasteiger partial charge is 0.102 e. The number of hydrogen-bond donors (Lipinski definition) is 1. The maximum Gasteiger partial charge on any atom is 0.102 e. The Kier molecular flexibility index (Phi) is 2.11. The van der Waals surface area contributed by atoms with Crippen LogP contribution in [0, 0.1) is 5.92 Å². The Morgan fingerprint density at radius 3 is 2.60 bits per heavy atom. The van der Waals surface area contributed by atoms with Crippen LogP contribution in [0.2, 0.25) is 0 Å². The van der Waals surface area contributed by atoms with Crippen LogP contribution in [-0.4, -0.2) is 23.9 Å². The van der Waals surface area contributed by atoms with Gasteiger partial charge in [-0.25, -0.2) is 0 Å². The predicted octanol–water partition coefficient (Wildman–Crippen LogP) is 1.85. The van der Waals surface area contributed by atoms with Gasteiger partial charge < -0.3 is 9.84 Å². The Morgan fingerprint density at radius 1 is 1.27 bits per heavy atom. The van der Waals surface area contributed by atoms with Crippen LogP contribution in [0.3, 0.4) is 0 Å². The van der Waals surface area contributed by atoms with Crippen LogP contribution in [0.4, 0.5) is 0 Å². The Hall–Kier alpha value is -1.12. The molecule has 1 unspecified atom stereocenters. The van der Waals surface area contributed by atoms with Gasteiger partial charge in [-0.1, -0.05) is 36.4 Å². The molecule has 1 N–H and O–H groups in total. The summed E-state index contributed by atoms with van der Waals surface area (Å²) in [6.45, 7) is 0.813. The highest BCUT2D eigenvalue weighted by atomic mass is 16.5. The summed E-state index contributed by atoms with van der Waals surface area (Å²) < 4.78 is 5.34.